The average molecular weight is 425 g/mol. The van der Waals surface area contributed by atoms with Crippen LogP contribution in [-0.2, 0) is 17.5 Å². The van der Waals surface area contributed by atoms with Crippen LogP contribution in [0, 0.1) is 6.92 Å². The second-order valence-corrected chi connectivity index (χ2v) is 9.95. The molecule has 0 spiro atoms. The van der Waals surface area contributed by atoms with Crippen molar-refractivity contribution in [2.24, 2.45) is 0 Å². The maximum absolute atomic E-state index is 12.3. The predicted molar refractivity (Wildman–Crippen MR) is 126 cm³/mol. The van der Waals surface area contributed by atoms with E-state index in [1.807, 2.05) is 13.1 Å². The Morgan fingerprint density at radius 1 is 1.20 bits per heavy atom. The molecule has 1 aromatic heterocycles. The Morgan fingerprint density at radius 3 is 2.73 bits per heavy atom. The molecule has 1 saturated heterocycles. The molecule has 2 aromatic rings. The van der Waals surface area contributed by atoms with E-state index in [0.29, 0.717) is 6.04 Å². The van der Waals surface area contributed by atoms with E-state index in [0.717, 1.165) is 50.3 Å². The molecule has 1 aromatic carbocycles. The van der Waals surface area contributed by atoms with Gasteiger partial charge in [0.2, 0.25) is 0 Å². The van der Waals surface area contributed by atoms with Crippen LogP contribution in [0.25, 0.3) is 17.2 Å². The molecule has 4 rings (SSSR count). The van der Waals surface area contributed by atoms with Gasteiger partial charge in [0.25, 0.3) is 0 Å². The van der Waals surface area contributed by atoms with Gasteiger partial charge in [-0.25, -0.2) is 8.51 Å². The lowest BCUT2D eigenvalue weighted by molar-refractivity contribution is 0.345. The van der Waals surface area contributed by atoms with Crippen molar-refractivity contribution >= 4 is 22.7 Å². The Bertz CT molecular complexity index is 950. The molecule has 1 N–H and O–H groups in total. The number of hydrogen-bond donors (Lipinski definition) is 1. The van der Waals surface area contributed by atoms with Crippen molar-refractivity contribution in [2.75, 3.05) is 31.2 Å². The number of aromatic nitrogens is 1. The number of piperidine rings is 1. The van der Waals surface area contributed by atoms with Crippen molar-refractivity contribution in [1.29, 1.82) is 0 Å². The number of rotatable bonds is 6. The van der Waals surface area contributed by atoms with Gasteiger partial charge < -0.3 is 10.2 Å². The average Bonchev–Trinajstić information content (AvgIpc) is 2.74. The lowest BCUT2D eigenvalue weighted by atomic mass is 9.94. The summed E-state index contributed by atoms with van der Waals surface area (Å²) >= 11 is 0. The molecule has 2 aliphatic rings. The van der Waals surface area contributed by atoms with Crippen molar-refractivity contribution in [3.05, 3.63) is 53.5 Å². The van der Waals surface area contributed by atoms with Crippen molar-refractivity contribution in [1.82, 2.24) is 14.2 Å². The van der Waals surface area contributed by atoms with Crippen LogP contribution >= 0.6 is 0 Å². The van der Waals surface area contributed by atoms with E-state index in [1.54, 1.807) is 0 Å². The lowest BCUT2D eigenvalue weighted by Crippen LogP contribution is -2.40. The fourth-order valence-electron chi connectivity index (χ4n) is 4.28. The molecule has 0 radical (unpaired) electrons. The molecular formula is C24H32N4OS. The lowest BCUT2D eigenvalue weighted by Gasteiger charge is -2.33. The zero-order chi connectivity index (χ0) is 21.1. The minimum absolute atomic E-state index is 0.412. The normalized spacial score (nSPS) is 18.3. The van der Waals surface area contributed by atoms with Gasteiger partial charge in [-0.15, -0.1) is 0 Å². The van der Waals surface area contributed by atoms with Gasteiger partial charge in [-0.3, -0.25) is 4.98 Å². The third-order valence-corrected chi connectivity index (χ3v) is 7.61. The number of nitrogens with zero attached hydrogens (tertiary/aromatic N) is 3. The molecule has 0 aliphatic carbocycles. The maximum Gasteiger partial charge on any atom is 0.0942 e. The van der Waals surface area contributed by atoms with Gasteiger partial charge in [0, 0.05) is 61.6 Å². The van der Waals surface area contributed by atoms with Gasteiger partial charge >= 0.3 is 0 Å². The Kier molecular flexibility index (Phi) is 6.54. The third-order valence-electron chi connectivity index (χ3n) is 5.91. The molecule has 0 amide bonds. The van der Waals surface area contributed by atoms with Gasteiger partial charge in [0.05, 0.1) is 11.0 Å². The highest BCUT2D eigenvalue weighted by atomic mass is 32.2. The number of fused-ring (bicyclic) bond motifs is 1. The Balaban J connectivity index is 1.57. The Morgan fingerprint density at radius 2 is 2.00 bits per heavy atom. The summed E-state index contributed by atoms with van der Waals surface area (Å²) in [6, 6.07) is 9.22. The summed E-state index contributed by atoms with van der Waals surface area (Å²) in [5, 5.41) is 3.84. The number of aryl methyl sites for hydroxylation is 1. The molecule has 160 valence electrons. The number of pyridine rings is 1. The molecule has 3 heterocycles. The summed E-state index contributed by atoms with van der Waals surface area (Å²) in [6.45, 7) is 6.83. The first-order chi connectivity index (χ1) is 14.5. The number of anilines is 1. The second kappa shape index (κ2) is 9.31. The monoisotopic (exact) mass is 424 g/mol. The van der Waals surface area contributed by atoms with Gasteiger partial charge in [-0.05, 0) is 79.4 Å². The van der Waals surface area contributed by atoms with E-state index in [-0.39, 0.29) is 0 Å². The van der Waals surface area contributed by atoms with Crippen LogP contribution in [0.1, 0.15) is 43.0 Å². The molecule has 1 fully saturated rings. The van der Waals surface area contributed by atoms with Gasteiger partial charge in [0.1, 0.15) is 0 Å². The van der Waals surface area contributed by atoms with Crippen LogP contribution in [-0.4, -0.2) is 50.3 Å². The minimum Gasteiger partial charge on any atom is -0.382 e. The largest absolute Gasteiger partial charge is 0.382 e. The van der Waals surface area contributed by atoms with Gasteiger partial charge in [-0.2, -0.15) is 0 Å². The molecule has 0 bridgehead atoms. The highest BCUT2D eigenvalue weighted by Crippen LogP contribution is 2.34. The molecule has 30 heavy (non-hydrogen) atoms. The van der Waals surface area contributed by atoms with Crippen LogP contribution in [0.2, 0.25) is 0 Å². The van der Waals surface area contributed by atoms with Crippen LogP contribution in [0.3, 0.4) is 0 Å². The zero-order valence-electron chi connectivity index (χ0n) is 18.2. The quantitative estimate of drug-likeness (QED) is 0.746. The van der Waals surface area contributed by atoms with Crippen LogP contribution in [0.15, 0.2) is 36.7 Å². The summed E-state index contributed by atoms with van der Waals surface area (Å²) in [5.41, 5.74) is 7.31. The van der Waals surface area contributed by atoms with E-state index in [9.17, 15) is 4.21 Å². The Labute approximate surface area is 182 Å². The summed E-state index contributed by atoms with van der Waals surface area (Å²) in [5.74, 6) is 0.775. The van der Waals surface area contributed by atoms with Gasteiger partial charge in [0.15, 0.2) is 0 Å². The first-order valence-electron chi connectivity index (χ1n) is 10.9. The highest BCUT2D eigenvalue weighted by Gasteiger charge is 2.24. The van der Waals surface area contributed by atoms with Crippen molar-refractivity contribution in [3.8, 4) is 11.1 Å². The first kappa shape index (κ1) is 21.1. The molecule has 6 heteroatoms. The van der Waals surface area contributed by atoms with Gasteiger partial charge in [-0.1, -0.05) is 6.92 Å². The summed E-state index contributed by atoms with van der Waals surface area (Å²) in [4.78, 5) is 6.57. The summed E-state index contributed by atoms with van der Waals surface area (Å²) in [7, 11) is 1.29. The van der Waals surface area contributed by atoms with E-state index >= 15 is 0 Å². The summed E-state index contributed by atoms with van der Waals surface area (Å²) < 4.78 is 14.5. The van der Waals surface area contributed by atoms with Crippen LogP contribution in [0.4, 0.5) is 5.69 Å². The van der Waals surface area contributed by atoms with E-state index in [2.05, 4.69) is 70.0 Å². The van der Waals surface area contributed by atoms with Crippen LogP contribution < -0.4 is 5.32 Å². The SMILES string of the molecule is CCCS(=O)N1CCC(Nc2cc(-c3ccnc(C)c3)cc3c2CN(C)C=C3)CC1. The van der Waals surface area contributed by atoms with E-state index in [1.165, 1.54) is 27.9 Å². The number of hydrogen-bond acceptors (Lipinski definition) is 4. The van der Waals surface area contributed by atoms with E-state index < -0.39 is 11.0 Å². The molecular weight excluding hydrogens is 392 g/mol. The van der Waals surface area contributed by atoms with Crippen molar-refractivity contribution < 1.29 is 4.21 Å². The topological polar surface area (TPSA) is 48.5 Å². The highest BCUT2D eigenvalue weighted by molar-refractivity contribution is 7.82. The molecule has 1 atom stereocenters. The molecule has 1 unspecified atom stereocenters. The fourth-order valence-corrected chi connectivity index (χ4v) is 5.50. The predicted octanol–water partition coefficient (Wildman–Crippen LogP) is 4.42. The zero-order valence-corrected chi connectivity index (χ0v) is 19.0. The van der Waals surface area contributed by atoms with Crippen molar-refractivity contribution in [3.63, 3.8) is 0 Å². The first-order valence-corrected chi connectivity index (χ1v) is 12.2. The standard InChI is InChI=1S/C24H32N4OS/c1-4-13-30(29)28-11-7-22(8-12-28)26-24-16-21(19-5-9-25-18(2)14-19)15-20-6-10-27(3)17-23(20)24/h5-6,9-10,14-16,22,26H,4,7-8,11-13,17H2,1-3H3. The van der Waals surface area contributed by atoms with Crippen LogP contribution in [0.5, 0.6) is 0 Å². The molecule has 0 saturated carbocycles. The number of benzene rings is 1. The molecule has 5 nitrogen and oxygen atoms in total. The minimum atomic E-state index is -0.822. The molecule has 2 aliphatic heterocycles. The smallest absolute Gasteiger partial charge is 0.0942 e. The number of nitrogens with one attached hydrogen (secondary N) is 1. The third kappa shape index (κ3) is 4.76. The summed E-state index contributed by atoms with van der Waals surface area (Å²) in [6.07, 6.45) is 9.25. The maximum atomic E-state index is 12.3. The fraction of sp³-hybridized carbons (Fsp3) is 0.458. The second-order valence-electron chi connectivity index (χ2n) is 8.38. The van der Waals surface area contributed by atoms with Crippen molar-refractivity contribution in [2.45, 2.75) is 45.7 Å². The Hall–Kier alpha value is -2.18. The van der Waals surface area contributed by atoms with E-state index in [4.69, 9.17) is 0 Å².